The summed E-state index contributed by atoms with van der Waals surface area (Å²) in [7, 11) is 0. The molecule has 1 amide bonds. The molecule has 1 aromatic carbocycles. The number of carbonyl (C=O) groups excluding carboxylic acids is 1. The fourth-order valence-electron chi connectivity index (χ4n) is 2.45. The number of benzene rings is 1. The second-order valence-electron chi connectivity index (χ2n) is 4.81. The number of anilines is 1. The molecule has 1 aliphatic heterocycles. The van der Waals surface area contributed by atoms with E-state index in [9.17, 15) is 14.4 Å². The minimum atomic E-state index is -1.10. The molecule has 0 aliphatic carbocycles. The van der Waals surface area contributed by atoms with E-state index in [0.29, 0.717) is 32.6 Å². The van der Waals surface area contributed by atoms with Crippen molar-refractivity contribution in [3.05, 3.63) is 30.1 Å². The zero-order valence-corrected chi connectivity index (χ0v) is 11.4. The van der Waals surface area contributed by atoms with Crippen LogP contribution >= 0.6 is 0 Å². The molecule has 1 fully saturated rings. The van der Waals surface area contributed by atoms with Crippen molar-refractivity contribution in [2.24, 2.45) is 5.41 Å². The lowest BCUT2D eigenvalue weighted by Gasteiger charge is -2.34. The molecule has 106 valence electrons. The van der Waals surface area contributed by atoms with Crippen molar-refractivity contribution >= 4 is 11.6 Å². The van der Waals surface area contributed by atoms with Crippen LogP contribution in [0.25, 0.3) is 0 Å². The monoisotopic (exact) mass is 276 g/mol. The van der Waals surface area contributed by atoms with Gasteiger partial charge in [-0.05, 0) is 31.9 Å². The summed E-state index contributed by atoms with van der Waals surface area (Å²) in [6, 6.07) is 8.25. The highest BCUT2D eigenvalue weighted by Gasteiger charge is 2.43. The third-order valence-electron chi connectivity index (χ3n) is 3.67. The quantitative estimate of drug-likeness (QED) is 0.852. The first-order valence-electron chi connectivity index (χ1n) is 6.70. The van der Waals surface area contributed by atoms with Gasteiger partial charge in [-0.25, -0.2) is 4.39 Å². The highest BCUT2D eigenvalue weighted by Crippen LogP contribution is 2.34. The summed E-state index contributed by atoms with van der Waals surface area (Å²) in [5.41, 5.74) is -0.877. The van der Waals surface area contributed by atoms with Crippen LogP contribution in [0.2, 0.25) is 0 Å². The van der Waals surface area contributed by atoms with Crippen molar-refractivity contribution in [1.29, 1.82) is 5.26 Å². The Morgan fingerprint density at radius 1 is 1.45 bits per heavy atom. The number of hydrogen-bond acceptors (Lipinski definition) is 3. The first-order valence-corrected chi connectivity index (χ1v) is 6.70. The first kappa shape index (κ1) is 14.5. The summed E-state index contributed by atoms with van der Waals surface area (Å²) in [6.45, 7) is 2.86. The lowest BCUT2D eigenvalue weighted by Crippen LogP contribution is -2.46. The number of carbonyl (C=O) groups is 1. The van der Waals surface area contributed by atoms with Crippen molar-refractivity contribution in [2.75, 3.05) is 24.7 Å². The smallest absolute Gasteiger partial charge is 0.247 e. The van der Waals surface area contributed by atoms with E-state index < -0.39 is 11.2 Å². The predicted octanol–water partition coefficient (Wildman–Crippen LogP) is 2.50. The molecule has 0 unspecified atom stereocenters. The van der Waals surface area contributed by atoms with Gasteiger partial charge in [0.1, 0.15) is 11.2 Å². The Morgan fingerprint density at radius 2 is 2.10 bits per heavy atom. The van der Waals surface area contributed by atoms with E-state index in [0.717, 1.165) is 0 Å². The van der Waals surface area contributed by atoms with Crippen LogP contribution in [0.4, 0.5) is 10.1 Å². The number of halogens is 1. The van der Waals surface area contributed by atoms with E-state index >= 15 is 0 Å². The molecule has 20 heavy (non-hydrogen) atoms. The summed E-state index contributed by atoms with van der Waals surface area (Å²) < 4.78 is 19.1. The molecule has 0 aromatic heterocycles. The zero-order chi connectivity index (χ0) is 14.6. The Labute approximate surface area is 117 Å². The van der Waals surface area contributed by atoms with Crippen molar-refractivity contribution in [3.63, 3.8) is 0 Å². The van der Waals surface area contributed by atoms with Crippen LogP contribution in [0, 0.1) is 22.6 Å². The van der Waals surface area contributed by atoms with Gasteiger partial charge in [0, 0.05) is 19.8 Å². The minimum absolute atomic E-state index is 0.223. The zero-order valence-electron chi connectivity index (χ0n) is 11.4. The van der Waals surface area contributed by atoms with Crippen LogP contribution < -0.4 is 4.90 Å². The topological polar surface area (TPSA) is 53.3 Å². The Kier molecular flexibility index (Phi) is 4.35. The van der Waals surface area contributed by atoms with Gasteiger partial charge in [-0.1, -0.05) is 12.1 Å². The van der Waals surface area contributed by atoms with Crippen LogP contribution in [0.1, 0.15) is 19.8 Å². The molecule has 0 bridgehead atoms. The number of ether oxygens (including phenoxy) is 1. The van der Waals surface area contributed by atoms with Gasteiger partial charge in [-0.15, -0.1) is 0 Å². The Morgan fingerprint density at radius 3 is 2.65 bits per heavy atom. The normalized spacial score (nSPS) is 17.2. The fraction of sp³-hybridized carbons (Fsp3) is 0.467. The summed E-state index contributed by atoms with van der Waals surface area (Å²) in [4.78, 5) is 14.1. The average molecular weight is 276 g/mol. The van der Waals surface area contributed by atoms with Crippen LogP contribution in [-0.4, -0.2) is 25.7 Å². The lowest BCUT2D eigenvalue weighted by molar-refractivity contribution is -0.129. The molecule has 5 heteroatoms. The summed E-state index contributed by atoms with van der Waals surface area (Å²) >= 11 is 0. The van der Waals surface area contributed by atoms with Crippen LogP contribution in [0.5, 0.6) is 0 Å². The number of hydrogen-bond donors (Lipinski definition) is 0. The second kappa shape index (κ2) is 6.02. The third-order valence-corrected chi connectivity index (χ3v) is 3.67. The van der Waals surface area contributed by atoms with Gasteiger partial charge < -0.3 is 9.64 Å². The van der Waals surface area contributed by atoms with Crippen LogP contribution in [0.3, 0.4) is 0 Å². The Balaban J connectivity index is 2.34. The van der Waals surface area contributed by atoms with Crippen molar-refractivity contribution in [2.45, 2.75) is 19.8 Å². The standard InChI is InChI=1S/C15H17FN2O2/c1-2-18(13-6-4-3-5-12(13)16)14(19)15(11-17)7-9-20-10-8-15/h3-6H,2,7-10H2,1H3. The number of rotatable bonds is 3. The van der Waals surface area contributed by atoms with E-state index in [2.05, 4.69) is 6.07 Å². The van der Waals surface area contributed by atoms with E-state index in [-0.39, 0.29) is 11.6 Å². The Hall–Kier alpha value is -1.93. The maximum atomic E-state index is 13.9. The molecular formula is C15H17FN2O2. The van der Waals surface area contributed by atoms with Gasteiger partial charge in [0.05, 0.1) is 11.8 Å². The lowest BCUT2D eigenvalue weighted by atomic mass is 9.80. The molecule has 1 aliphatic rings. The maximum absolute atomic E-state index is 13.9. The highest BCUT2D eigenvalue weighted by molar-refractivity contribution is 5.99. The summed E-state index contributed by atoms with van der Waals surface area (Å²) in [5.74, 6) is -0.793. The van der Waals surface area contributed by atoms with Crippen LogP contribution in [0.15, 0.2) is 24.3 Å². The van der Waals surface area contributed by atoms with E-state index in [1.54, 1.807) is 25.1 Å². The van der Waals surface area contributed by atoms with Gasteiger partial charge >= 0.3 is 0 Å². The molecule has 1 heterocycles. The van der Waals surface area contributed by atoms with Crippen molar-refractivity contribution < 1.29 is 13.9 Å². The van der Waals surface area contributed by atoms with Gasteiger partial charge in [-0.2, -0.15) is 5.26 Å². The van der Waals surface area contributed by atoms with E-state index in [1.807, 2.05) is 0 Å². The molecule has 0 atom stereocenters. The van der Waals surface area contributed by atoms with Crippen molar-refractivity contribution in [1.82, 2.24) is 0 Å². The van der Waals surface area contributed by atoms with E-state index in [1.165, 1.54) is 11.0 Å². The predicted molar refractivity (Wildman–Crippen MR) is 72.5 cm³/mol. The molecule has 0 N–H and O–H groups in total. The average Bonchev–Trinajstić information content (AvgIpc) is 2.50. The van der Waals surface area contributed by atoms with Gasteiger partial charge in [0.15, 0.2) is 0 Å². The summed E-state index contributed by atoms with van der Waals surface area (Å²) in [5, 5.41) is 9.43. The molecule has 4 nitrogen and oxygen atoms in total. The highest BCUT2D eigenvalue weighted by atomic mass is 19.1. The van der Waals surface area contributed by atoms with Gasteiger partial charge in [0.25, 0.3) is 0 Å². The fourth-order valence-corrected chi connectivity index (χ4v) is 2.45. The molecule has 2 rings (SSSR count). The molecular weight excluding hydrogens is 259 g/mol. The van der Waals surface area contributed by atoms with Crippen molar-refractivity contribution in [3.8, 4) is 6.07 Å². The van der Waals surface area contributed by atoms with Gasteiger partial charge in [-0.3, -0.25) is 4.79 Å². The molecule has 1 aromatic rings. The Bertz CT molecular complexity index is 533. The number of amides is 1. The first-order chi connectivity index (χ1) is 9.64. The number of para-hydroxylation sites is 1. The summed E-state index contributed by atoms with van der Waals surface area (Å²) in [6.07, 6.45) is 0.709. The SMILES string of the molecule is CCN(C(=O)C1(C#N)CCOCC1)c1ccccc1F. The second-order valence-corrected chi connectivity index (χ2v) is 4.81. The molecule has 0 radical (unpaired) electrons. The van der Waals surface area contributed by atoms with Crippen LogP contribution in [-0.2, 0) is 9.53 Å². The minimum Gasteiger partial charge on any atom is -0.381 e. The number of nitrogens with zero attached hydrogens (tertiary/aromatic N) is 2. The maximum Gasteiger partial charge on any atom is 0.247 e. The number of nitriles is 1. The molecule has 0 saturated carbocycles. The third kappa shape index (κ3) is 2.52. The van der Waals surface area contributed by atoms with E-state index in [4.69, 9.17) is 4.74 Å². The van der Waals surface area contributed by atoms with Gasteiger partial charge in [0.2, 0.25) is 5.91 Å². The molecule has 0 spiro atoms. The molecule has 1 saturated heterocycles. The largest absolute Gasteiger partial charge is 0.381 e.